The van der Waals surface area contributed by atoms with Gasteiger partial charge >= 0.3 is 0 Å². The van der Waals surface area contributed by atoms with Gasteiger partial charge < -0.3 is 15.1 Å². The Labute approximate surface area is 170 Å². The van der Waals surface area contributed by atoms with Gasteiger partial charge in [0, 0.05) is 11.3 Å². The van der Waals surface area contributed by atoms with Crippen LogP contribution < -0.4 is 15.1 Å². The van der Waals surface area contributed by atoms with Crippen LogP contribution in [0.15, 0.2) is 42.5 Å². The summed E-state index contributed by atoms with van der Waals surface area (Å²) in [5.74, 6) is 0.0955. The third-order valence-corrected chi connectivity index (χ3v) is 6.60. The van der Waals surface area contributed by atoms with Crippen LogP contribution in [-0.4, -0.2) is 50.2 Å². The number of aromatic nitrogens is 1. The second-order valence-electron chi connectivity index (χ2n) is 7.65. The molecular formula is C22H28N4OS+2. The first-order valence-corrected chi connectivity index (χ1v) is 10.9. The number of hydrogen-bond donors (Lipinski definition) is 3. The number of nitrogens with zero attached hydrogens (tertiary/aromatic N) is 1. The van der Waals surface area contributed by atoms with Crippen molar-refractivity contribution in [3.8, 4) is 10.6 Å². The molecule has 2 heterocycles. The normalized spacial score (nSPS) is 19.6. The number of thiazole rings is 1. The van der Waals surface area contributed by atoms with Crippen molar-refractivity contribution in [1.82, 2.24) is 4.98 Å². The lowest BCUT2D eigenvalue weighted by molar-refractivity contribution is -1.01. The van der Waals surface area contributed by atoms with E-state index in [9.17, 15) is 4.79 Å². The van der Waals surface area contributed by atoms with Gasteiger partial charge in [0.1, 0.15) is 31.2 Å². The molecule has 1 fully saturated rings. The molecule has 3 aromatic rings. The number of aryl methyl sites for hydroxylation is 1. The average molecular weight is 397 g/mol. The molecule has 0 radical (unpaired) electrons. The first-order chi connectivity index (χ1) is 13.6. The molecule has 1 aromatic heterocycles. The van der Waals surface area contributed by atoms with E-state index in [1.54, 1.807) is 16.2 Å². The number of rotatable bonds is 5. The van der Waals surface area contributed by atoms with Crippen LogP contribution in [0.3, 0.4) is 0 Å². The van der Waals surface area contributed by atoms with E-state index in [1.807, 2.05) is 24.3 Å². The van der Waals surface area contributed by atoms with Crippen LogP contribution in [0, 0.1) is 6.92 Å². The summed E-state index contributed by atoms with van der Waals surface area (Å²) in [6.07, 6.45) is 0. The summed E-state index contributed by atoms with van der Waals surface area (Å²) in [4.78, 5) is 20.1. The minimum absolute atomic E-state index is 0.0955. The number of fused-ring (bicyclic) bond motifs is 1. The van der Waals surface area contributed by atoms with Gasteiger partial charge in [-0.1, -0.05) is 6.07 Å². The molecule has 28 heavy (non-hydrogen) atoms. The van der Waals surface area contributed by atoms with Crippen molar-refractivity contribution < 1.29 is 14.6 Å². The maximum atomic E-state index is 12.4. The van der Waals surface area contributed by atoms with E-state index in [1.165, 1.54) is 21.7 Å². The number of amides is 1. The van der Waals surface area contributed by atoms with Gasteiger partial charge in [-0.05, 0) is 55.8 Å². The number of nitrogens with one attached hydrogen (secondary N) is 3. The van der Waals surface area contributed by atoms with Gasteiger partial charge in [-0.25, -0.2) is 4.98 Å². The molecule has 0 bridgehead atoms. The van der Waals surface area contributed by atoms with E-state index in [0.717, 1.165) is 48.0 Å². The summed E-state index contributed by atoms with van der Waals surface area (Å²) in [6.45, 7) is 10.5. The van der Waals surface area contributed by atoms with Crippen LogP contribution >= 0.6 is 11.3 Å². The minimum atomic E-state index is 0.0955. The number of likely N-dealkylation sites (N-methyl/N-ethyl adjacent to an activating group) is 1. The van der Waals surface area contributed by atoms with E-state index in [2.05, 4.69) is 37.4 Å². The van der Waals surface area contributed by atoms with Gasteiger partial charge in [-0.3, -0.25) is 4.79 Å². The molecule has 1 saturated heterocycles. The summed E-state index contributed by atoms with van der Waals surface area (Å²) < 4.78 is 1.21. The van der Waals surface area contributed by atoms with E-state index < -0.39 is 0 Å². The third-order valence-electron chi connectivity index (χ3n) is 5.53. The van der Waals surface area contributed by atoms with Gasteiger partial charge in [0.25, 0.3) is 5.91 Å². The molecule has 146 valence electrons. The molecule has 0 unspecified atom stereocenters. The zero-order valence-electron chi connectivity index (χ0n) is 16.5. The van der Waals surface area contributed by atoms with Crippen LogP contribution in [0.4, 0.5) is 5.69 Å². The van der Waals surface area contributed by atoms with E-state index in [-0.39, 0.29) is 5.91 Å². The maximum Gasteiger partial charge on any atom is 0.279 e. The van der Waals surface area contributed by atoms with Crippen LogP contribution in [0.25, 0.3) is 20.8 Å². The van der Waals surface area contributed by atoms with Crippen molar-refractivity contribution in [2.24, 2.45) is 0 Å². The highest BCUT2D eigenvalue weighted by molar-refractivity contribution is 7.21. The fourth-order valence-electron chi connectivity index (χ4n) is 3.77. The summed E-state index contributed by atoms with van der Waals surface area (Å²) in [7, 11) is 0. The Balaban J connectivity index is 1.37. The Morgan fingerprint density at radius 1 is 1.07 bits per heavy atom. The molecule has 0 aliphatic carbocycles. The zero-order chi connectivity index (χ0) is 19.5. The molecular weight excluding hydrogens is 368 g/mol. The monoisotopic (exact) mass is 396 g/mol. The smallest absolute Gasteiger partial charge is 0.279 e. The van der Waals surface area contributed by atoms with Gasteiger partial charge in [0.2, 0.25) is 0 Å². The largest absolute Gasteiger partial charge is 0.326 e. The van der Waals surface area contributed by atoms with Crippen molar-refractivity contribution in [1.29, 1.82) is 0 Å². The lowest BCUT2D eigenvalue weighted by atomic mass is 10.2. The molecule has 4 rings (SSSR count). The molecule has 0 atom stereocenters. The number of benzene rings is 2. The summed E-state index contributed by atoms with van der Waals surface area (Å²) >= 11 is 1.71. The molecule has 2 aromatic carbocycles. The Hall–Kier alpha value is -2.28. The third kappa shape index (κ3) is 4.41. The van der Waals surface area contributed by atoms with E-state index in [0.29, 0.717) is 6.54 Å². The molecule has 1 aliphatic rings. The number of piperazine rings is 1. The van der Waals surface area contributed by atoms with Crippen LogP contribution in [0.5, 0.6) is 0 Å². The SMILES string of the molecule is CC[NH+]1CC[NH+](CC(=O)Nc2ccc(-c3nc4ccc(C)cc4s3)cc2)CC1. The molecule has 0 saturated carbocycles. The minimum Gasteiger partial charge on any atom is -0.326 e. The Bertz CT molecular complexity index is 958. The topological polar surface area (TPSA) is 50.9 Å². The fraction of sp³-hybridized carbons (Fsp3) is 0.364. The first-order valence-electron chi connectivity index (χ1n) is 10.1. The predicted octanol–water partition coefficient (Wildman–Crippen LogP) is 1.01. The molecule has 1 amide bonds. The summed E-state index contributed by atoms with van der Waals surface area (Å²) in [5.41, 5.74) is 4.22. The number of carbonyl (C=O) groups is 1. The molecule has 0 spiro atoms. The van der Waals surface area contributed by atoms with Gasteiger partial charge in [-0.15, -0.1) is 11.3 Å². The van der Waals surface area contributed by atoms with Crippen LogP contribution in [0.1, 0.15) is 12.5 Å². The Kier molecular flexibility index (Phi) is 5.71. The quantitative estimate of drug-likeness (QED) is 0.603. The first kappa shape index (κ1) is 19.1. The predicted molar refractivity (Wildman–Crippen MR) is 115 cm³/mol. The molecule has 1 aliphatic heterocycles. The molecule has 6 heteroatoms. The van der Waals surface area contributed by atoms with Gasteiger partial charge in [-0.2, -0.15) is 0 Å². The number of hydrogen-bond acceptors (Lipinski definition) is 3. The van der Waals surface area contributed by atoms with Gasteiger partial charge in [0.15, 0.2) is 6.54 Å². The standard InChI is InChI=1S/C22H26N4OS/c1-3-25-10-12-26(13-11-25)15-21(27)23-18-7-5-17(6-8-18)22-24-19-9-4-16(2)14-20(19)28-22/h4-9,14H,3,10-13,15H2,1-2H3,(H,23,27)/p+2. The molecule has 5 nitrogen and oxygen atoms in total. The zero-order valence-corrected chi connectivity index (χ0v) is 17.4. The molecule has 3 N–H and O–H groups in total. The maximum absolute atomic E-state index is 12.4. The summed E-state index contributed by atoms with van der Waals surface area (Å²) in [5, 5.41) is 4.06. The van der Waals surface area contributed by atoms with Crippen molar-refractivity contribution in [2.45, 2.75) is 13.8 Å². The van der Waals surface area contributed by atoms with Crippen molar-refractivity contribution in [3.05, 3.63) is 48.0 Å². The summed E-state index contributed by atoms with van der Waals surface area (Å²) in [6, 6.07) is 14.4. The number of anilines is 1. The van der Waals surface area contributed by atoms with Crippen molar-refractivity contribution in [2.75, 3.05) is 44.6 Å². The van der Waals surface area contributed by atoms with E-state index >= 15 is 0 Å². The lowest BCUT2D eigenvalue weighted by Crippen LogP contribution is -3.28. The highest BCUT2D eigenvalue weighted by Crippen LogP contribution is 2.31. The Morgan fingerprint density at radius 2 is 1.79 bits per heavy atom. The van der Waals surface area contributed by atoms with Crippen molar-refractivity contribution in [3.63, 3.8) is 0 Å². The fourth-order valence-corrected chi connectivity index (χ4v) is 4.84. The van der Waals surface area contributed by atoms with Crippen LogP contribution in [0.2, 0.25) is 0 Å². The van der Waals surface area contributed by atoms with Crippen LogP contribution in [-0.2, 0) is 4.79 Å². The van der Waals surface area contributed by atoms with Crippen molar-refractivity contribution >= 4 is 33.1 Å². The van der Waals surface area contributed by atoms with Gasteiger partial charge in [0.05, 0.1) is 16.8 Å². The number of carbonyl (C=O) groups excluding carboxylic acids is 1. The second-order valence-corrected chi connectivity index (χ2v) is 8.68. The highest BCUT2D eigenvalue weighted by atomic mass is 32.1. The van der Waals surface area contributed by atoms with E-state index in [4.69, 9.17) is 4.98 Å². The highest BCUT2D eigenvalue weighted by Gasteiger charge is 2.23. The average Bonchev–Trinajstić information content (AvgIpc) is 3.12. The Morgan fingerprint density at radius 3 is 2.50 bits per heavy atom. The number of quaternary nitrogens is 2. The lowest BCUT2D eigenvalue weighted by Gasteiger charge is -2.28. The second kappa shape index (κ2) is 8.39.